The average Bonchev–Trinajstić information content (AvgIpc) is 3.22. The second kappa shape index (κ2) is 5.61. The van der Waals surface area contributed by atoms with E-state index in [0.29, 0.717) is 17.1 Å². The zero-order valence-electron chi connectivity index (χ0n) is 13.1. The molecule has 2 heterocycles. The lowest BCUT2D eigenvalue weighted by molar-refractivity contribution is 0.0735. The molecule has 1 saturated heterocycles. The number of aryl methyl sites for hydroxylation is 1. The first-order valence-corrected chi connectivity index (χ1v) is 7.99. The van der Waals surface area contributed by atoms with Gasteiger partial charge in [-0.15, -0.1) is 0 Å². The standard InChI is InChI=1S/C19H19NO3/c1-13-4-2-5-14(10-13)16-6-3-9-20(16)19(21)15-7-8-17-18(11-15)23-12-22-17/h2,4-5,7-8,10-11,16H,3,6,9,12H2,1H3/t16-/m1/s1. The van der Waals surface area contributed by atoms with Gasteiger partial charge in [-0.05, 0) is 43.5 Å². The summed E-state index contributed by atoms with van der Waals surface area (Å²) >= 11 is 0. The van der Waals surface area contributed by atoms with Gasteiger partial charge in [-0.3, -0.25) is 4.79 Å². The molecule has 0 aliphatic carbocycles. The van der Waals surface area contributed by atoms with Gasteiger partial charge in [-0.25, -0.2) is 0 Å². The van der Waals surface area contributed by atoms with Crippen LogP contribution in [0.2, 0.25) is 0 Å². The highest BCUT2D eigenvalue weighted by Gasteiger charge is 2.31. The Kier molecular flexibility index (Phi) is 3.45. The Bertz CT molecular complexity index is 756. The fourth-order valence-electron chi connectivity index (χ4n) is 3.43. The largest absolute Gasteiger partial charge is 0.454 e. The van der Waals surface area contributed by atoms with Gasteiger partial charge in [-0.2, -0.15) is 0 Å². The van der Waals surface area contributed by atoms with Crippen LogP contribution in [-0.4, -0.2) is 24.1 Å². The molecule has 0 aromatic heterocycles. The van der Waals surface area contributed by atoms with E-state index in [2.05, 4.69) is 31.2 Å². The molecule has 0 spiro atoms. The molecule has 4 nitrogen and oxygen atoms in total. The van der Waals surface area contributed by atoms with Gasteiger partial charge in [-0.1, -0.05) is 29.8 Å². The van der Waals surface area contributed by atoms with Crippen molar-refractivity contribution in [3.05, 3.63) is 59.2 Å². The zero-order valence-corrected chi connectivity index (χ0v) is 13.1. The van der Waals surface area contributed by atoms with Gasteiger partial charge >= 0.3 is 0 Å². The van der Waals surface area contributed by atoms with Gasteiger partial charge in [0.25, 0.3) is 5.91 Å². The third-order valence-electron chi connectivity index (χ3n) is 4.56. The molecule has 0 saturated carbocycles. The van der Waals surface area contributed by atoms with Gasteiger partial charge in [0.05, 0.1) is 6.04 Å². The molecule has 2 aromatic rings. The van der Waals surface area contributed by atoms with E-state index in [4.69, 9.17) is 9.47 Å². The van der Waals surface area contributed by atoms with Crippen LogP contribution < -0.4 is 9.47 Å². The van der Waals surface area contributed by atoms with E-state index >= 15 is 0 Å². The highest BCUT2D eigenvalue weighted by atomic mass is 16.7. The van der Waals surface area contributed by atoms with Gasteiger partial charge in [0.1, 0.15) is 0 Å². The topological polar surface area (TPSA) is 38.8 Å². The van der Waals surface area contributed by atoms with Crippen molar-refractivity contribution in [1.82, 2.24) is 4.90 Å². The van der Waals surface area contributed by atoms with Crippen LogP contribution in [0.25, 0.3) is 0 Å². The molecule has 118 valence electrons. The highest BCUT2D eigenvalue weighted by molar-refractivity contribution is 5.95. The van der Waals surface area contributed by atoms with E-state index in [1.807, 2.05) is 17.0 Å². The average molecular weight is 309 g/mol. The summed E-state index contributed by atoms with van der Waals surface area (Å²) in [6.45, 7) is 3.11. The Morgan fingerprint density at radius 3 is 2.87 bits per heavy atom. The molecule has 0 N–H and O–H groups in total. The van der Waals surface area contributed by atoms with Crippen molar-refractivity contribution in [3.8, 4) is 11.5 Å². The van der Waals surface area contributed by atoms with E-state index in [1.165, 1.54) is 11.1 Å². The third kappa shape index (κ3) is 2.54. The van der Waals surface area contributed by atoms with Crippen LogP contribution in [0.15, 0.2) is 42.5 Å². The van der Waals surface area contributed by atoms with E-state index < -0.39 is 0 Å². The Hall–Kier alpha value is -2.49. The Morgan fingerprint density at radius 1 is 1.13 bits per heavy atom. The van der Waals surface area contributed by atoms with Crippen molar-refractivity contribution in [2.24, 2.45) is 0 Å². The minimum absolute atomic E-state index is 0.0623. The fraction of sp³-hybridized carbons (Fsp3) is 0.316. The number of carbonyl (C=O) groups is 1. The molecule has 4 rings (SSSR count). The van der Waals surface area contributed by atoms with Crippen molar-refractivity contribution < 1.29 is 14.3 Å². The summed E-state index contributed by atoms with van der Waals surface area (Å²) in [6.07, 6.45) is 2.05. The highest BCUT2D eigenvalue weighted by Crippen LogP contribution is 2.36. The molecule has 23 heavy (non-hydrogen) atoms. The van der Waals surface area contributed by atoms with Crippen LogP contribution in [-0.2, 0) is 0 Å². The van der Waals surface area contributed by atoms with Crippen LogP contribution in [0.5, 0.6) is 11.5 Å². The maximum Gasteiger partial charge on any atom is 0.254 e. The summed E-state index contributed by atoms with van der Waals surface area (Å²) < 4.78 is 10.7. The Morgan fingerprint density at radius 2 is 2.00 bits per heavy atom. The smallest absolute Gasteiger partial charge is 0.254 e. The number of rotatable bonds is 2. The first kappa shape index (κ1) is 14.1. The summed E-state index contributed by atoms with van der Waals surface area (Å²) in [5.74, 6) is 1.42. The SMILES string of the molecule is Cc1cccc([C@H]2CCCN2C(=O)c2ccc3c(c2)OCO3)c1. The number of nitrogens with zero attached hydrogens (tertiary/aromatic N) is 1. The third-order valence-corrected chi connectivity index (χ3v) is 4.56. The zero-order chi connectivity index (χ0) is 15.8. The predicted molar refractivity (Wildman–Crippen MR) is 86.8 cm³/mol. The summed E-state index contributed by atoms with van der Waals surface area (Å²) in [7, 11) is 0. The molecular formula is C19H19NO3. The quantitative estimate of drug-likeness (QED) is 0.849. The number of amides is 1. The lowest BCUT2D eigenvalue weighted by Gasteiger charge is -2.25. The molecule has 0 radical (unpaired) electrons. The number of hydrogen-bond acceptors (Lipinski definition) is 3. The number of carbonyl (C=O) groups excluding carboxylic acids is 1. The molecule has 1 atom stereocenters. The minimum Gasteiger partial charge on any atom is -0.454 e. The maximum atomic E-state index is 12.9. The second-order valence-corrected chi connectivity index (χ2v) is 6.14. The van der Waals surface area contributed by atoms with Crippen molar-refractivity contribution in [2.45, 2.75) is 25.8 Å². The van der Waals surface area contributed by atoms with Crippen LogP contribution in [0.4, 0.5) is 0 Å². The van der Waals surface area contributed by atoms with Crippen molar-refractivity contribution >= 4 is 5.91 Å². The van der Waals surface area contributed by atoms with E-state index in [1.54, 1.807) is 6.07 Å². The molecule has 1 amide bonds. The molecular weight excluding hydrogens is 290 g/mol. The van der Waals surface area contributed by atoms with Crippen LogP contribution in [0.1, 0.15) is 40.4 Å². The molecule has 2 aromatic carbocycles. The summed E-state index contributed by atoms with van der Waals surface area (Å²) in [5.41, 5.74) is 3.11. The number of likely N-dealkylation sites (tertiary alicyclic amines) is 1. The number of hydrogen-bond donors (Lipinski definition) is 0. The molecule has 1 fully saturated rings. The Labute approximate surface area is 135 Å². The van der Waals surface area contributed by atoms with E-state index in [-0.39, 0.29) is 18.7 Å². The normalized spacial score (nSPS) is 19.2. The summed E-state index contributed by atoms with van der Waals surface area (Å²) in [5, 5.41) is 0. The first-order valence-electron chi connectivity index (χ1n) is 7.99. The number of ether oxygens (including phenoxy) is 2. The van der Waals surface area contributed by atoms with Crippen molar-refractivity contribution in [1.29, 1.82) is 0 Å². The van der Waals surface area contributed by atoms with E-state index in [9.17, 15) is 4.79 Å². The number of fused-ring (bicyclic) bond motifs is 1. The van der Waals surface area contributed by atoms with Gasteiger partial charge in [0.15, 0.2) is 11.5 Å². The van der Waals surface area contributed by atoms with Crippen LogP contribution in [0, 0.1) is 6.92 Å². The second-order valence-electron chi connectivity index (χ2n) is 6.14. The van der Waals surface area contributed by atoms with Crippen molar-refractivity contribution in [3.63, 3.8) is 0 Å². The fourth-order valence-corrected chi connectivity index (χ4v) is 3.43. The maximum absolute atomic E-state index is 12.9. The molecule has 0 bridgehead atoms. The van der Waals surface area contributed by atoms with Crippen LogP contribution >= 0.6 is 0 Å². The lowest BCUT2D eigenvalue weighted by atomic mass is 10.0. The monoisotopic (exact) mass is 309 g/mol. The number of benzene rings is 2. The Balaban J connectivity index is 1.62. The summed E-state index contributed by atoms with van der Waals surface area (Å²) in [6, 6.07) is 14.0. The molecule has 4 heteroatoms. The van der Waals surface area contributed by atoms with Gasteiger partial charge in [0.2, 0.25) is 6.79 Å². The molecule has 2 aliphatic heterocycles. The van der Waals surface area contributed by atoms with Crippen LogP contribution in [0.3, 0.4) is 0 Å². The van der Waals surface area contributed by atoms with Gasteiger partial charge < -0.3 is 14.4 Å². The lowest BCUT2D eigenvalue weighted by Crippen LogP contribution is -2.30. The molecule has 0 unspecified atom stereocenters. The minimum atomic E-state index is 0.0623. The van der Waals surface area contributed by atoms with Crippen molar-refractivity contribution in [2.75, 3.05) is 13.3 Å². The summed E-state index contributed by atoms with van der Waals surface area (Å²) in [4.78, 5) is 14.9. The van der Waals surface area contributed by atoms with E-state index in [0.717, 1.165) is 19.4 Å². The molecule has 2 aliphatic rings. The predicted octanol–water partition coefficient (Wildman–Crippen LogP) is 3.70. The first-order chi connectivity index (χ1) is 11.2. The van der Waals surface area contributed by atoms with Gasteiger partial charge in [0, 0.05) is 12.1 Å².